The van der Waals surface area contributed by atoms with Crippen LogP contribution in [0.2, 0.25) is 0 Å². The average molecular weight is 399 g/mol. The van der Waals surface area contributed by atoms with E-state index in [2.05, 4.69) is 6.92 Å². The highest BCUT2D eigenvalue weighted by Crippen LogP contribution is 2.15. The van der Waals surface area contributed by atoms with Crippen molar-refractivity contribution in [2.75, 3.05) is 6.61 Å². The first-order chi connectivity index (χ1) is 13.5. The Bertz CT molecular complexity index is 399. The molecule has 0 bridgehead atoms. The molecule has 4 nitrogen and oxygen atoms in total. The lowest BCUT2D eigenvalue weighted by molar-refractivity contribution is -0.141. The van der Waals surface area contributed by atoms with Gasteiger partial charge >= 0.3 is 5.97 Å². The Labute approximate surface area is 173 Å². The summed E-state index contributed by atoms with van der Waals surface area (Å²) in [5, 5.41) is 18.7. The van der Waals surface area contributed by atoms with Crippen LogP contribution in [0.3, 0.4) is 0 Å². The Balaban J connectivity index is 3.46. The lowest BCUT2D eigenvalue weighted by Gasteiger charge is -2.14. The molecule has 0 rings (SSSR count). The smallest absolute Gasteiger partial charge is 0.310 e. The molecule has 28 heavy (non-hydrogen) atoms. The summed E-state index contributed by atoms with van der Waals surface area (Å²) in [5.41, 5.74) is 0.714. The highest BCUT2D eigenvalue weighted by atomic mass is 16.5. The van der Waals surface area contributed by atoms with Crippen LogP contribution in [0.1, 0.15) is 124 Å². The van der Waals surface area contributed by atoms with Crippen molar-refractivity contribution in [2.24, 2.45) is 0 Å². The van der Waals surface area contributed by atoms with Crippen LogP contribution in [0, 0.1) is 0 Å². The number of esters is 1. The number of carbonyl (C=O) groups excluding carboxylic acids is 1. The molecule has 0 aliphatic rings. The zero-order chi connectivity index (χ0) is 21.0. The van der Waals surface area contributed by atoms with Crippen LogP contribution in [0.5, 0.6) is 0 Å². The molecule has 0 fully saturated rings. The van der Waals surface area contributed by atoms with E-state index < -0.39 is 12.7 Å². The highest BCUT2D eigenvalue weighted by molar-refractivity contribution is 5.70. The predicted molar refractivity (Wildman–Crippen MR) is 117 cm³/mol. The quantitative estimate of drug-likeness (QED) is 0.149. The van der Waals surface area contributed by atoms with E-state index in [1.807, 2.05) is 0 Å². The summed E-state index contributed by atoms with van der Waals surface area (Å²) in [7, 11) is 0. The first-order valence-corrected chi connectivity index (χ1v) is 11.7. The number of rotatable bonds is 19. The van der Waals surface area contributed by atoms with E-state index in [1.54, 1.807) is 13.8 Å². The van der Waals surface area contributed by atoms with Gasteiger partial charge in [-0.2, -0.15) is 0 Å². The van der Waals surface area contributed by atoms with E-state index in [0.29, 0.717) is 12.0 Å². The fourth-order valence-corrected chi connectivity index (χ4v) is 3.40. The van der Waals surface area contributed by atoms with Crippen LogP contribution in [0.25, 0.3) is 0 Å². The van der Waals surface area contributed by atoms with Crippen LogP contribution in [0.4, 0.5) is 0 Å². The second-order valence-electron chi connectivity index (χ2n) is 8.24. The Morgan fingerprint density at radius 2 is 1.14 bits per heavy atom. The van der Waals surface area contributed by atoms with Crippen molar-refractivity contribution in [3.8, 4) is 0 Å². The van der Waals surface area contributed by atoms with Gasteiger partial charge in [0, 0.05) is 6.42 Å². The van der Waals surface area contributed by atoms with Gasteiger partial charge in [0.05, 0.1) is 6.61 Å². The van der Waals surface area contributed by atoms with Gasteiger partial charge in [-0.1, -0.05) is 96.8 Å². The number of aliphatic hydroxyl groups is 2. The van der Waals surface area contributed by atoms with Gasteiger partial charge in [-0.05, 0) is 25.8 Å². The summed E-state index contributed by atoms with van der Waals surface area (Å²) in [5.74, 6) is -0.133. The lowest BCUT2D eigenvalue weighted by Crippen LogP contribution is -2.21. The second kappa shape index (κ2) is 19.4. The molecule has 0 aliphatic heterocycles. The van der Waals surface area contributed by atoms with E-state index in [4.69, 9.17) is 9.84 Å². The van der Waals surface area contributed by atoms with Crippen LogP contribution >= 0.6 is 0 Å². The third-order valence-electron chi connectivity index (χ3n) is 5.18. The predicted octanol–water partition coefficient (Wildman–Crippen LogP) is 6.44. The molecular weight excluding hydrogens is 352 g/mol. The number of ether oxygens (including phenoxy) is 1. The van der Waals surface area contributed by atoms with Gasteiger partial charge in [-0.25, -0.2) is 0 Å². The van der Waals surface area contributed by atoms with Crippen molar-refractivity contribution in [1.29, 1.82) is 0 Å². The number of aliphatic hydroxyl groups excluding tert-OH is 2. The SMILES string of the molecule is CCCCCCCCCCCCCCCCCC(=O)OC(=C(C)C)C(O)CO. The third kappa shape index (κ3) is 16.1. The van der Waals surface area contributed by atoms with Crippen molar-refractivity contribution >= 4 is 5.97 Å². The molecule has 0 spiro atoms. The molecule has 0 saturated carbocycles. The van der Waals surface area contributed by atoms with Gasteiger partial charge in [0.2, 0.25) is 0 Å². The summed E-state index contributed by atoms with van der Waals surface area (Å²) >= 11 is 0. The molecular formula is C24H46O4. The maximum atomic E-state index is 11.9. The number of unbranched alkanes of at least 4 members (excludes halogenated alkanes) is 14. The van der Waals surface area contributed by atoms with Crippen LogP contribution < -0.4 is 0 Å². The number of allylic oxidation sites excluding steroid dienone is 1. The second-order valence-corrected chi connectivity index (χ2v) is 8.24. The van der Waals surface area contributed by atoms with Crippen LogP contribution in [-0.4, -0.2) is 28.9 Å². The summed E-state index contributed by atoms with van der Waals surface area (Å²) in [6, 6.07) is 0. The fraction of sp³-hybridized carbons (Fsp3) is 0.875. The Hall–Kier alpha value is -0.870. The van der Waals surface area contributed by atoms with Gasteiger partial charge in [-0.15, -0.1) is 0 Å². The summed E-state index contributed by atoms with van der Waals surface area (Å²) < 4.78 is 5.21. The number of carbonyl (C=O) groups is 1. The summed E-state index contributed by atoms with van der Waals surface area (Å²) in [6.45, 7) is 5.35. The molecule has 1 atom stereocenters. The van der Waals surface area contributed by atoms with E-state index in [1.165, 1.54) is 83.5 Å². The average Bonchev–Trinajstić information content (AvgIpc) is 2.68. The minimum absolute atomic E-state index is 0.188. The maximum Gasteiger partial charge on any atom is 0.310 e. The molecule has 166 valence electrons. The zero-order valence-corrected chi connectivity index (χ0v) is 18.8. The lowest BCUT2D eigenvalue weighted by atomic mass is 10.0. The van der Waals surface area contributed by atoms with Gasteiger partial charge in [0.15, 0.2) is 0 Å². The van der Waals surface area contributed by atoms with Crippen molar-refractivity contribution < 1.29 is 19.7 Å². The monoisotopic (exact) mass is 398 g/mol. The zero-order valence-electron chi connectivity index (χ0n) is 18.8. The summed E-state index contributed by atoms with van der Waals surface area (Å²) in [4.78, 5) is 11.9. The molecule has 1 unspecified atom stereocenters. The Morgan fingerprint density at radius 1 is 0.750 bits per heavy atom. The molecule has 0 aromatic heterocycles. The third-order valence-corrected chi connectivity index (χ3v) is 5.18. The van der Waals surface area contributed by atoms with Crippen molar-refractivity contribution in [3.63, 3.8) is 0 Å². The highest BCUT2D eigenvalue weighted by Gasteiger charge is 2.16. The maximum absolute atomic E-state index is 11.9. The Morgan fingerprint density at radius 3 is 1.50 bits per heavy atom. The number of hydrogen-bond donors (Lipinski definition) is 2. The van der Waals surface area contributed by atoms with E-state index >= 15 is 0 Å². The van der Waals surface area contributed by atoms with E-state index in [9.17, 15) is 9.90 Å². The van der Waals surface area contributed by atoms with E-state index in [-0.39, 0.29) is 11.7 Å². The standard InChI is InChI=1S/C24H46O4/c1-4-5-6-7-8-9-10-11-12-13-14-15-16-17-18-19-23(27)28-24(21(2)3)22(26)20-25/h22,25-26H,4-20H2,1-3H3. The molecule has 4 heteroatoms. The molecule has 0 aromatic carbocycles. The topological polar surface area (TPSA) is 66.8 Å². The molecule has 0 aliphatic carbocycles. The largest absolute Gasteiger partial charge is 0.428 e. The van der Waals surface area contributed by atoms with Crippen LogP contribution in [0.15, 0.2) is 11.3 Å². The van der Waals surface area contributed by atoms with Gasteiger partial charge in [0.1, 0.15) is 11.9 Å². The summed E-state index contributed by atoms with van der Waals surface area (Å²) in [6.07, 6.45) is 18.7. The fourth-order valence-electron chi connectivity index (χ4n) is 3.40. The van der Waals surface area contributed by atoms with Crippen molar-refractivity contribution in [3.05, 3.63) is 11.3 Å². The Kier molecular flexibility index (Phi) is 18.8. The van der Waals surface area contributed by atoms with Crippen LogP contribution in [-0.2, 0) is 9.53 Å². The normalized spacial score (nSPS) is 12.0. The number of hydrogen-bond acceptors (Lipinski definition) is 4. The minimum Gasteiger partial charge on any atom is -0.428 e. The first kappa shape index (κ1) is 27.1. The molecule has 0 aromatic rings. The van der Waals surface area contributed by atoms with Gasteiger partial charge < -0.3 is 14.9 Å². The molecule has 0 heterocycles. The van der Waals surface area contributed by atoms with Crippen molar-refractivity contribution in [1.82, 2.24) is 0 Å². The van der Waals surface area contributed by atoms with E-state index in [0.717, 1.165) is 12.8 Å². The van der Waals surface area contributed by atoms with Gasteiger partial charge in [-0.3, -0.25) is 4.79 Å². The first-order valence-electron chi connectivity index (χ1n) is 11.7. The minimum atomic E-state index is -1.12. The molecule has 0 saturated heterocycles. The molecule has 2 N–H and O–H groups in total. The van der Waals surface area contributed by atoms with Gasteiger partial charge in [0.25, 0.3) is 0 Å². The molecule has 0 amide bonds. The molecule has 0 radical (unpaired) electrons. The van der Waals surface area contributed by atoms with Crippen molar-refractivity contribution in [2.45, 2.75) is 130 Å².